The minimum Gasteiger partial charge on any atom is -0.396 e. The Balaban J connectivity index is 2.37. The lowest BCUT2D eigenvalue weighted by atomic mass is 9.86. The zero-order valence-electron chi connectivity index (χ0n) is 12.3. The topological polar surface area (TPSA) is 90.2 Å². The molecule has 1 aromatic carbocycles. The molecule has 2 rings (SSSR count). The second kappa shape index (κ2) is 5.76. The fraction of sp³-hybridized carbons (Fsp3) is 0.533. The molecule has 0 saturated heterocycles. The van der Waals surface area contributed by atoms with Crippen LogP contribution in [0.5, 0.6) is 0 Å². The van der Waals surface area contributed by atoms with Gasteiger partial charge in [-0.2, -0.15) is 5.26 Å². The summed E-state index contributed by atoms with van der Waals surface area (Å²) in [5.74, 6) is 0. The summed E-state index contributed by atoms with van der Waals surface area (Å²) >= 11 is 0. The second-order valence-electron chi connectivity index (χ2n) is 5.94. The maximum absolute atomic E-state index is 12.6. The lowest BCUT2D eigenvalue weighted by molar-refractivity contribution is 0.127. The van der Waals surface area contributed by atoms with Crippen molar-refractivity contribution in [3.63, 3.8) is 0 Å². The minimum atomic E-state index is -3.77. The van der Waals surface area contributed by atoms with E-state index in [1.54, 1.807) is 19.1 Å². The smallest absolute Gasteiger partial charge is 0.242 e. The van der Waals surface area contributed by atoms with Gasteiger partial charge in [0, 0.05) is 18.1 Å². The fourth-order valence-electron chi connectivity index (χ4n) is 2.88. The average molecular weight is 308 g/mol. The van der Waals surface area contributed by atoms with Crippen molar-refractivity contribution >= 4 is 10.0 Å². The van der Waals surface area contributed by atoms with E-state index in [1.807, 2.05) is 13.0 Å². The van der Waals surface area contributed by atoms with Gasteiger partial charge in [0.1, 0.15) is 11.0 Å². The van der Waals surface area contributed by atoms with Crippen molar-refractivity contribution in [1.29, 1.82) is 5.26 Å². The normalized spacial score (nSPS) is 25.7. The fourth-order valence-corrected chi connectivity index (χ4v) is 4.52. The average Bonchev–Trinajstić information content (AvgIpc) is 2.80. The van der Waals surface area contributed by atoms with Gasteiger partial charge in [-0.05, 0) is 31.4 Å². The maximum Gasteiger partial charge on any atom is 0.242 e. The molecule has 0 amide bonds. The first-order valence-corrected chi connectivity index (χ1v) is 8.45. The van der Waals surface area contributed by atoms with Gasteiger partial charge in [-0.15, -0.1) is 0 Å². The molecule has 0 spiro atoms. The Morgan fingerprint density at radius 3 is 2.86 bits per heavy atom. The highest BCUT2D eigenvalue weighted by atomic mass is 32.2. The van der Waals surface area contributed by atoms with Gasteiger partial charge in [0.15, 0.2) is 0 Å². The number of aryl methyl sites for hydroxylation is 1. The van der Waals surface area contributed by atoms with E-state index in [2.05, 4.69) is 4.72 Å². The van der Waals surface area contributed by atoms with Crippen LogP contribution in [0.1, 0.15) is 37.3 Å². The number of hydrogen-bond donors (Lipinski definition) is 2. The van der Waals surface area contributed by atoms with E-state index in [9.17, 15) is 18.8 Å². The molecular formula is C15H20N2O3S. The molecule has 6 heteroatoms. The van der Waals surface area contributed by atoms with Gasteiger partial charge < -0.3 is 5.11 Å². The highest BCUT2D eigenvalue weighted by molar-refractivity contribution is 7.89. The summed E-state index contributed by atoms with van der Waals surface area (Å²) in [4.78, 5) is 0.0113. The van der Waals surface area contributed by atoms with E-state index in [-0.39, 0.29) is 23.1 Å². The molecular weight excluding hydrogens is 288 g/mol. The van der Waals surface area contributed by atoms with E-state index in [1.165, 1.54) is 6.07 Å². The molecule has 0 unspecified atom stereocenters. The summed E-state index contributed by atoms with van der Waals surface area (Å²) < 4.78 is 27.8. The SMILES string of the molecule is Cc1cccc(S(=O)(=O)N[C@@H]2CCC[C@]2(C)CO)c1C#N. The molecule has 0 heterocycles. The number of sulfonamides is 1. The minimum absolute atomic E-state index is 0.0113. The van der Waals surface area contributed by atoms with E-state index in [0.717, 1.165) is 12.8 Å². The van der Waals surface area contributed by atoms with Gasteiger partial charge >= 0.3 is 0 Å². The molecule has 1 fully saturated rings. The van der Waals surface area contributed by atoms with Crippen LogP contribution in [-0.2, 0) is 10.0 Å². The zero-order valence-corrected chi connectivity index (χ0v) is 13.1. The van der Waals surface area contributed by atoms with Crippen molar-refractivity contribution < 1.29 is 13.5 Å². The number of nitrogens with one attached hydrogen (secondary N) is 1. The lowest BCUT2D eigenvalue weighted by Crippen LogP contribution is -2.44. The third-order valence-corrected chi connectivity index (χ3v) is 5.89. The van der Waals surface area contributed by atoms with E-state index < -0.39 is 15.4 Å². The third-order valence-electron chi connectivity index (χ3n) is 4.38. The van der Waals surface area contributed by atoms with Crippen LogP contribution in [-0.4, -0.2) is 26.2 Å². The first-order chi connectivity index (χ1) is 9.84. The summed E-state index contributed by atoms with van der Waals surface area (Å²) in [6.07, 6.45) is 2.36. The van der Waals surface area contributed by atoms with Gasteiger partial charge in [-0.1, -0.05) is 25.5 Å². The van der Waals surface area contributed by atoms with Crippen LogP contribution in [0.3, 0.4) is 0 Å². The number of nitrogens with zero attached hydrogens (tertiary/aromatic N) is 1. The van der Waals surface area contributed by atoms with Crippen molar-refractivity contribution in [1.82, 2.24) is 4.72 Å². The highest BCUT2D eigenvalue weighted by Crippen LogP contribution is 2.38. The Morgan fingerprint density at radius 1 is 1.52 bits per heavy atom. The molecule has 5 nitrogen and oxygen atoms in total. The Labute approximate surface area is 125 Å². The first kappa shape index (κ1) is 16.0. The van der Waals surface area contributed by atoms with Crippen LogP contribution in [0.2, 0.25) is 0 Å². The standard InChI is InChI=1S/C15H20N2O3S/c1-11-5-3-6-13(12(11)9-16)21(19,20)17-14-7-4-8-15(14,2)10-18/h3,5-6,14,17-18H,4,7-8,10H2,1-2H3/t14-,15-/m1/s1. The molecule has 0 radical (unpaired) electrons. The van der Waals surface area contributed by atoms with Gasteiger partial charge in [0.25, 0.3) is 0 Å². The predicted molar refractivity (Wildman–Crippen MR) is 79.0 cm³/mol. The summed E-state index contributed by atoms with van der Waals surface area (Å²) in [6.45, 7) is 3.54. The van der Waals surface area contributed by atoms with Crippen LogP contribution in [0.4, 0.5) is 0 Å². The largest absolute Gasteiger partial charge is 0.396 e. The number of rotatable bonds is 4. The molecule has 114 valence electrons. The molecule has 0 bridgehead atoms. The van der Waals surface area contributed by atoms with Crippen LogP contribution in [0.15, 0.2) is 23.1 Å². The molecule has 0 aromatic heterocycles. The summed E-state index contributed by atoms with van der Waals surface area (Å²) in [5.41, 5.74) is 0.370. The Hall–Kier alpha value is -1.42. The molecule has 0 aliphatic heterocycles. The van der Waals surface area contributed by atoms with Crippen LogP contribution >= 0.6 is 0 Å². The molecule has 1 aliphatic carbocycles. The molecule has 1 aromatic rings. The van der Waals surface area contributed by atoms with Gasteiger partial charge in [-0.25, -0.2) is 13.1 Å². The quantitative estimate of drug-likeness (QED) is 0.885. The van der Waals surface area contributed by atoms with Crippen LogP contribution < -0.4 is 4.72 Å². The van der Waals surface area contributed by atoms with E-state index in [4.69, 9.17) is 0 Å². The van der Waals surface area contributed by atoms with Crippen molar-refractivity contribution in [3.05, 3.63) is 29.3 Å². The molecule has 1 aliphatic rings. The van der Waals surface area contributed by atoms with Crippen molar-refractivity contribution in [3.8, 4) is 6.07 Å². The third kappa shape index (κ3) is 2.95. The monoisotopic (exact) mass is 308 g/mol. The van der Waals surface area contributed by atoms with Gasteiger partial charge in [0.2, 0.25) is 10.0 Å². The number of aliphatic hydroxyl groups excluding tert-OH is 1. The van der Waals surface area contributed by atoms with Gasteiger partial charge in [-0.3, -0.25) is 0 Å². The molecule has 2 N–H and O–H groups in total. The Morgan fingerprint density at radius 2 is 2.24 bits per heavy atom. The first-order valence-electron chi connectivity index (χ1n) is 6.97. The van der Waals surface area contributed by atoms with E-state index >= 15 is 0 Å². The van der Waals surface area contributed by atoms with Crippen molar-refractivity contribution in [2.75, 3.05) is 6.61 Å². The Kier molecular flexibility index (Phi) is 4.38. The van der Waals surface area contributed by atoms with Crippen LogP contribution in [0.25, 0.3) is 0 Å². The van der Waals surface area contributed by atoms with Crippen molar-refractivity contribution in [2.24, 2.45) is 5.41 Å². The number of benzene rings is 1. The molecule has 21 heavy (non-hydrogen) atoms. The summed E-state index contributed by atoms with van der Waals surface area (Å²) in [7, 11) is -3.77. The summed E-state index contributed by atoms with van der Waals surface area (Å²) in [6, 6.07) is 6.44. The van der Waals surface area contributed by atoms with Crippen molar-refractivity contribution in [2.45, 2.75) is 44.0 Å². The lowest BCUT2D eigenvalue weighted by Gasteiger charge is -2.30. The number of nitriles is 1. The zero-order chi connectivity index (χ0) is 15.7. The maximum atomic E-state index is 12.6. The number of hydrogen-bond acceptors (Lipinski definition) is 4. The molecule has 1 saturated carbocycles. The Bertz CT molecular complexity index is 679. The highest BCUT2D eigenvalue weighted by Gasteiger charge is 2.40. The summed E-state index contributed by atoms with van der Waals surface area (Å²) in [5, 5.41) is 18.7. The van der Waals surface area contributed by atoms with E-state index in [0.29, 0.717) is 12.0 Å². The second-order valence-corrected chi connectivity index (χ2v) is 7.62. The predicted octanol–water partition coefficient (Wildman–Crippen LogP) is 1.70. The number of aliphatic hydroxyl groups is 1. The van der Waals surface area contributed by atoms with Crippen LogP contribution in [0, 0.1) is 23.7 Å². The molecule has 2 atom stereocenters. The van der Waals surface area contributed by atoms with Gasteiger partial charge in [0.05, 0.1) is 5.56 Å².